The molecule has 308 valence electrons. The summed E-state index contributed by atoms with van der Waals surface area (Å²) in [5.74, 6) is 0. The second-order valence-corrected chi connectivity index (χ2v) is 17.2. The minimum Gasteiger partial charge on any atom is -0.456 e. The summed E-state index contributed by atoms with van der Waals surface area (Å²) < 4.78 is 6.30. The number of para-hydroxylation sites is 1. The van der Waals surface area contributed by atoms with E-state index in [0.29, 0.717) is 0 Å². The van der Waals surface area contributed by atoms with Gasteiger partial charge in [-0.15, -0.1) is 0 Å². The van der Waals surface area contributed by atoms with Gasteiger partial charge in [0.1, 0.15) is 11.2 Å². The number of hydrogen-bond donors (Lipinski definition) is 0. The van der Waals surface area contributed by atoms with E-state index in [0.717, 1.165) is 44.6 Å². The van der Waals surface area contributed by atoms with E-state index in [2.05, 4.69) is 241 Å². The topological polar surface area (TPSA) is 16.4 Å². The van der Waals surface area contributed by atoms with Crippen molar-refractivity contribution in [3.63, 3.8) is 0 Å². The second kappa shape index (κ2) is 15.5. The Balaban J connectivity index is 0.954. The zero-order chi connectivity index (χ0) is 43.6. The largest absolute Gasteiger partial charge is 0.456 e. The van der Waals surface area contributed by atoms with Gasteiger partial charge in [-0.3, -0.25) is 0 Å². The molecule has 2 heteroatoms. The minimum atomic E-state index is 0.878. The molecule has 0 aliphatic rings. The van der Waals surface area contributed by atoms with Crippen LogP contribution in [0.4, 0.5) is 17.1 Å². The van der Waals surface area contributed by atoms with Crippen LogP contribution in [-0.4, -0.2) is 0 Å². The fraction of sp³-hybridized carbons (Fsp3) is 0. The van der Waals surface area contributed by atoms with Crippen LogP contribution in [-0.2, 0) is 0 Å². The molecule has 0 saturated carbocycles. The van der Waals surface area contributed by atoms with E-state index in [9.17, 15) is 0 Å². The first kappa shape index (κ1) is 37.8. The Bertz CT molecular complexity index is 3960. The van der Waals surface area contributed by atoms with E-state index < -0.39 is 0 Å². The molecule has 2 nitrogen and oxygen atoms in total. The molecule has 1 aromatic heterocycles. The Kier molecular flexibility index (Phi) is 8.89. The monoisotopic (exact) mass is 839 g/mol. The molecule has 0 fully saturated rings. The van der Waals surface area contributed by atoms with Crippen molar-refractivity contribution in [2.24, 2.45) is 0 Å². The predicted molar refractivity (Wildman–Crippen MR) is 280 cm³/mol. The number of anilines is 3. The molecule has 0 radical (unpaired) electrons. The van der Waals surface area contributed by atoms with Gasteiger partial charge in [0.2, 0.25) is 0 Å². The lowest BCUT2D eigenvalue weighted by Crippen LogP contribution is -2.09. The fourth-order valence-electron chi connectivity index (χ4n) is 10.4. The summed E-state index contributed by atoms with van der Waals surface area (Å²) in [7, 11) is 0. The minimum absolute atomic E-state index is 0.878. The van der Waals surface area contributed by atoms with Crippen LogP contribution in [0.2, 0.25) is 0 Å². The van der Waals surface area contributed by atoms with Crippen LogP contribution in [0.1, 0.15) is 0 Å². The molecule has 13 rings (SSSR count). The van der Waals surface area contributed by atoms with Gasteiger partial charge in [0.15, 0.2) is 0 Å². The summed E-state index contributed by atoms with van der Waals surface area (Å²) in [5.41, 5.74) is 14.6. The second-order valence-electron chi connectivity index (χ2n) is 17.2. The maximum Gasteiger partial charge on any atom is 0.135 e. The zero-order valence-electron chi connectivity index (χ0n) is 36.0. The first-order valence-electron chi connectivity index (χ1n) is 22.7. The predicted octanol–water partition coefficient (Wildman–Crippen LogP) is 18.3. The highest BCUT2D eigenvalue weighted by molar-refractivity contribution is 6.22. The molecule has 0 N–H and O–H groups in total. The zero-order valence-corrected chi connectivity index (χ0v) is 36.0. The molecule has 1 heterocycles. The molecule has 0 bridgehead atoms. The van der Waals surface area contributed by atoms with Gasteiger partial charge in [-0.05, 0) is 148 Å². The summed E-state index contributed by atoms with van der Waals surface area (Å²) in [6.45, 7) is 0. The van der Waals surface area contributed by atoms with E-state index in [1.54, 1.807) is 0 Å². The van der Waals surface area contributed by atoms with Crippen LogP contribution < -0.4 is 4.90 Å². The molecule has 0 unspecified atom stereocenters. The molecule has 13 aromatic rings. The van der Waals surface area contributed by atoms with Crippen molar-refractivity contribution in [1.82, 2.24) is 0 Å². The Morgan fingerprint density at radius 3 is 1.42 bits per heavy atom. The highest BCUT2D eigenvalue weighted by Gasteiger charge is 2.20. The first-order valence-corrected chi connectivity index (χ1v) is 22.7. The summed E-state index contributed by atoms with van der Waals surface area (Å²) in [4.78, 5) is 2.36. The van der Waals surface area contributed by atoms with Gasteiger partial charge >= 0.3 is 0 Å². The maximum atomic E-state index is 6.30. The lowest BCUT2D eigenvalue weighted by atomic mass is 9.84. The molecule has 0 amide bonds. The summed E-state index contributed by atoms with van der Waals surface area (Å²) in [6.07, 6.45) is 0. The average molecular weight is 840 g/mol. The van der Waals surface area contributed by atoms with Crippen molar-refractivity contribution in [3.8, 4) is 44.5 Å². The van der Waals surface area contributed by atoms with E-state index in [1.807, 2.05) is 12.1 Å². The third-order valence-electron chi connectivity index (χ3n) is 13.4. The molecule has 0 aliphatic heterocycles. The number of rotatable bonds is 7. The Morgan fingerprint density at radius 1 is 0.242 bits per heavy atom. The lowest BCUT2D eigenvalue weighted by molar-refractivity contribution is 0.669. The number of fused-ring (bicyclic) bond motifs is 9. The van der Waals surface area contributed by atoms with Crippen molar-refractivity contribution in [2.75, 3.05) is 4.90 Å². The van der Waals surface area contributed by atoms with Gasteiger partial charge in [0, 0.05) is 27.8 Å². The first-order chi connectivity index (χ1) is 32.7. The van der Waals surface area contributed by atoms with Crippen LogP contribution >= 0.6 is 0 Å². The van der Waals surface area contributed by atoms with Crippen molar-refractivity contribution in [2.45, 2.75) is 0 Å². The van der Waals surface area contributed by atoms with Crippen molar-refractivity contribution >= 4 is 82.1 Å². The van der Waals surface area contributed by atoms with Gasteiger partial charge in [0.05, 0.1) is 0 Å². The Morgan fingerprint density at radius 2 is 0.727 bits per heavy atom. The van der Waals surface area contributed by atoms with Gasteiger partial charge in [-0.2, -0.15) is 0 Å². The van der Waals surface area contributed by atoms with Crippen LogP contribution in [0.3, 0.4) is 0 Å². The summed E-state index contributed by atoms with van der Waals surface area (Å²) >= 11 is 0. The SMILES string of the molecule is c1ccc(-c2c(-c3ccccc3)c3cc(-c4ccc(N(c5ccc(-c6cc7ccccc7c7ccccc67)cc5)c5ccc6oc7ccccc7c6c5)cc4)ccc3c3ccccc23)cc1. The smallest absolute Gasteiger partial charge is 0.135 e. The van der Waals surface area contributed by atoms with E-state index in [1.165, 1.54) is 82.0 Å². The van der Waals surface area contributed by atoms with Crippen LogP contribution in [0, 0.1) is 0 Å². The maximum absolute atomic E-state index is 6.30. The van der Waals surface area contributed by atoms with E-state index >= 15 is 0 Å². The Labute approximate surface area is 382 Å². The summed E-state index contributed by atoms with van der Waals surface area (Å²) in [5, 5.41) is 12.2. The van der Waals surface area contributed by atoms with E-state index in [-0.39, 0.29) is 0 Å². The van der Waals surface area contributed by atoms with Gasteiger partial charge in [-0.1, -0.05) is 188 Å². The van der Waals surface area contributed by atoms with Crippen LogP contribution in [0.5, 0.6) is 0 Å². The van der Waals surface area contributed by atoms with Crippen molar-refractivity contribution in [3.05, 3.63) is 249 Å². The van der Waals surface area contributed by atoms with Gasteiger partial charge < -0.3 is 9.32 Å². The highest BCUT2D eigenvalue weighted by Crippen LogP contribution is 2.46. The van der Waals surface area contributed by atoms with E-state index in [4.69, 9.17) is 4.42 Å². The molecular formula is C64H41NO. The molecular weight excluding hydrogens is 799 g/mol. The normalized spacial score (nSPS) is 11.6. The van der Waals surface area contributed by atoms with Crippen LogP contribution in [0.25, 0.3) is 110 Å². The number of hydrogen-bond acceptors (Lipinski definition) is 2. The van der Waals surface area contributed by atoms with Crippen molar-refractivity contribution in [1.29, 1.82) is 0 Å². The third-order valence-corrected chi connectivity index (χ3v) is 13.4. The molecule has 0 aliphatic carbocycles. The molecule has 66 heavy (non-hydrogen) atoms. The molecule has 0 saturated heterocycles. The van der Waals surface area contributed by atoms with Gasteiger partial charge in [-0.25, -0.2) is 0 Å². The van der Waals surface area contributed by atoms with Crippen molar-refractivity contribution < 1.29 is 4.42 Å². The van der Waals surface area contributed by atoms with Crippen LogP contribution in [0.15, 0.2) is 253 Å². The quantitative estimate of drug-likeness (QED) is 0.149. The standard InChI is InChI=1S/C64H41NO/c1-3-15-44(16-4-1)63-57-25-12-11-22-53(57)55-37-31-46(39-60(55)64(63)45-17-5-2-6-18-45)42-27-32-48(33-28-42)65(50-36-38-62-59(41-50)56-24-13-14-26-61(56)66-62)49-34-29-43(30-35-49)58-40-47-19-7-8-20-51(47)52-21-9-10-23-54(52)58/h1-41H. The average Bonchev–Trinajstić information content (AvgIpc) is 3.77. The Hall–Kier alpha value is -8.72. The summed E-state index contributed by atoms with van der Waals surface area (Å²) in [6, 6.07) is 90.3. The number of furan rings is 1. The van der Waals surface area contributed by atoms with Gasteiger partial charge in [0.25, 0.3) is 0 Å². The molecule has 0 atom stereocenters. The number of nitrogens with zero attached hydrogens (tertiary/aromatic N) is 1. The molecule has 0 spiro atoms. The highest BCUT2D eigenvalue weighted by atomic mass is 16.3. The lowest BCUT2D eigenvalue weighted by Gasteiger charge is -2.26. The molecule has 12 aromatic carbocycles. The number of benzene rings is 12. The fourth-order valence-corrected chi connectivity index (χ4v) is 10.4. The third kappa shape index (κ3) is 6.26.